The zero-order valence-corrected chi connectivity index (χ0v) is 10.6. The Bertz CT molecular complexity index is 226. The van der Waals surface area contributed by atoms with Crippen molar-refractivity contribution >= 4 is 0 Å². The van der Waals surface area contributed by atoms with E-state index in [1.54, 1.807) is 0 Å². The van der Waals surface area contributed by atoms with Gasteiger partial charge in [-0.15, -0.1) is 0 Å². The predicted molar refractivity (Wildman–Crippen MR) is 65.5 cm³/mol. The molecule has 2 fully saturated rings. The van der Waals surface area contributed by atoms with Gasteiger partial charge in [-0.2, -0.15) is 0 Å². The van der Waals surface area contributed by atoms with E-state index < -0.39 is 0 Å². The van der Waals surface area contributed by atoms with Gasteiger partial charge in [-0.1, -0.05) is 0 Å². The van der Waals surface area contributed by atoms with Gasteiger partial charge in [0.1, 0.15) is 0 Å². The lowest BCUT2D eigenvalue weighted by molar-refractivity contribution is 0.0160. The second kappa shape index (κ2) is 5.00. The lowest BCUT2D eigenvalue weighted by atomic mass is 10.0. The molecule has 2 rings (SSSR count). The zero-order chi connectivity index (χ0) is 11.6. The number of likely N-dealkylation sites (tertiary alicyclic amines) is 1. The summed E-state index contributed by atoms with van der Waals surface area (Å²) in [6, 6.07) is 0.717. The smallest absolute Gasteiger partial charge is 0.0594 e. The predicted octanol–water partition coefficient (Wildman–Crippen LogP) is 0.130. The van der Waals surface area contributed by atoms with Crippen molar-refractivity contribution in [3.63, 3.8) is 0 Å². The van der Waals surface area contributed by atoms with E-state index in [4.69, 9.17) is 10.5 Å². The Balaban J connectivity index is 1.87. The molecule has 1 atom stereocenters. The van der Waals surface area contributed by atoms with Crippen molar-refractivity contribution in [1.82, 2.24) is 9.80 Å². The zero-order valence-electron chi connectivity index (χ0n) is 10.6. The SMILES string of the molecule is CC(C)(CN)N1CCC(N2CCOCC2)C1. The topological polar surface area (TPSA) is 41.7 Å². The molecule has 0 aliphatic carbocycles. The third-order valence-electron chi connectivity index (χ3n) is 4.08. The highest BCUT2D eigenvalue weighted by Crippen LogP contribution is 2.23. The Kier molecular flexibility index (Phi) is 3.85. The highest BCUT2D eigenvalue weighted by Gasteiger charge is 2.35. The first-order valence-electron chi connectivity index (χ1n) is 6.40. The van der Waals surface area contributed by atoms with Gasteiger partial charge in [0.15, 0.2) is 0 Å². The van der Waals surface area contributed by atoms with Gasteiger partial charge in [0.25, 0.3) is 0 Å². The van der Waals surface area contributed by atoms with Gasteiger partial charge in [0.2, 0.25) is 0 Å². The van der Waals surface area contributed by atoms with Crippen LogP contribution in [0.15, 0.2) is 0 Å². The molecule has 0 spiro atoms. The first-order chi connectivity index (χ1) is 7.63. The van der Waals surface area contributed by atoms with Crippen LogP contribution in [0.4, 0.5) is 0 Å². The van der Waals surface area contributed by atoms with Crippen molar-refractivity contribution in [2.24, 2.45) is 5.73 Å². The largest absolute Gasteiger partial charge is 0.379 e. The quantitative estimate of drug-likeness (QED) is 0.744. The maximum Gasteiger partial charge on any atom is 0.0594 e. The van der Waals surface area contributed by atoms with E-state index in [1.807, 2.05) is 0 Å². The molecule has 0 aromatic rings. The van der Waals surface area contributed by atoms with Crippen LogP contribution in [-0.2, 0) is 4.74 Å². The normalized spacial score (nSPS) is 29.8. The van der Waals surface area contributed by atoms with Crippen LogP contribution >= 0.6 is 0 Å². The van der Waals surface area contributed by atoms with Crippen molar-refractivity contribution in [3.05, 3.63) is 0 Å². The molecule has 2 heterocycles. The summed E-state index contributed by atoms with van der Waals surface area (Å²) in [5.74, 6) is 0. The molecule has 0 radical (unpaired) electrons. The van der Waals surface area contributed by atoms with E-state index in [0.29, 0.717) is 0 Å². The first-order valence-corrected chi connectivity index (χ1v) is 6.40. The summed E-state index contributed by atoms with van der Waals surface area (Å²) in [5, 5.41) is 0. The van der Waals surface area contributed by atoms with E-state index in [-0.39, 0.29) is 5.54 Å². The summed E-state index contributed by atoms with van der Waals surface area (Å²) < 4.78 is 5.40. The molecule has 1 unspecified atom stereocenters. The second-order valence-electron chi connectivity index (χ2n) is 5.55. The van der Waals surface area contributed by atoms with E-state index in [9.17, 15) is 0 Å². The fourth-order valence-corrected chi connectivity index (χ4v) is 2.66. The van der Waals surface area contributed by atoms with Gasteiger partial charge in [0, 0.05) is 44.3 Å². The average Bonchev–Trinajstić information content (AvgIpc) is 2.80. The van der Waals surface area contributed by atoms with Crippen LogP contribution in [0.5, 0.6) is 0 Å². The second-order valence-corrected chi connectivity index (χ2v) is 5.55. The maximum atomic E-state index is 5.83. The van der Waals surface area contributed by atoms with E-state index in [1.165, 1.54) is 19.5 Å². The Morgan fingerprint density at radius 3 is 2.56 bits per heavy atom. The number of morpholine rings is 1. The Labute approximate surface area is 98.7 Å². The molecule has 94 valence electrons. The molecule has 4 heteroatoms. The summed E-state index contributed by atoms with van der Waals surface area (Å²) in [6.45, 7) is 11.6. The highest BCUT2D eigenvalue weighted by atomic mass is 16.5. The van der Waals surface area contributed by atoms with Gasteiger partial charge in [-0.3, -0.25) is 9.80 Å². The molecule has 2 aliphatic heterocycles. The lowest BCUT2D eigenvalue weighted by Crippen LogP contribution is -2.50. The van der Waals surface area contributed by atoms with E-state index >= 15 is 0 Å². The Morgan fingerprint density at radius 2 is 1.94 bits per heavy atom. The summed E-state index contributed by atoms with van der Waals surface area (Å²) in [4.78, 5) is 5.11. The van der Waals surface area contributed by atoms with Crippen molar-refractivity contribution in [2.45, 2.75) is 31.8 Å². The molecule has 2 saturated heterocycles. The summed E-state index contributed by atoms with van der Waals surface area (Å²) >= 11 is 0. The minimum atomic E-state index is 0.154. The number of ether oxygens (including phenoxy) is 1. The third-order valence-corrected chi connectivity index (χ3v) is 4.08. The monoisotopic (exact) mass is 227 g/mol. The minimum Gasteiger partial charge on any atom is -0.379 e. The van der Waals surface area contributed by atoms with Crippen LogP contribution in [0.25, 0.3) is 0 Å². The minimum absolute atomic E-state index is 0.154. The van der Waals surface area contributed by atoms with E-state index in [2.05, 4.69) is 23.6 Å². The molecule has 0 aromatic carbocycles. The van der Waals surface area contributed by atoms with Crippen LogP contribution < -0.4 is 5.73 Å². The number of hydrogen-bond acceptors (Lipinski definition) is 4. The van der Waals surface area contributed by atoms with Gasteiger partial charge in [-0.25, -0.2) is 0 Å². The summed E-state index contributed by atoms with van der Waals surface area (Å²) in [6.07, 6.45) is 1.28. The molecule has 0 aromatic heterocycles. The van der Waals surface area contributed by atoms with Crippen LogP contribution in [0, 0.1) is 0 Å². The standard InChI is InChI=1S/C12H25N3O/c1-12(2,10-13)15-4-3-11(9-15)14-5-7-16-8-6-14/h11H,3-10,13H2,1-2H3. The highest BCUT2D eigenvalue weighted by molar-refractivity contribution is 4.92. The van der Waals surface area contributed by atoms with Gasteiger partial charge in [-0.05, 0) is 20.3 Å². The Morgan fingerprint density at radius 1 is 1.25 bits per heavy atom. The third kappa shape index (κ3) is 2.56. The van der Waals surface area contributed by atoms with Crippen molar-refractivity contribution in [2.75, 3.05) is 45.9 Å². The summed E-state index contributed by atoms with van der Waals surface area (Å²) in [5.41, 5.74) is 5.99. The van der Waals surface area contributed by atoms with Crippen LogP contribution in [0.3, 0.4) is 0 Å². The fourth-order valence-electron chi connectivity index (χ4n) is 2.66. The van der Waals surface area contributed by atoms with Gasteiger partial charge >= 0.3 is 0 Å². The molecule has 2 aliphatic rings. The molecule has 0 saturated carbocycles. The fraction of sp³-hybridized carbons (Fsp3) is 1.00. The van der Waals surface area contributed by atoms with Gasteiger partial charge < -0.3 is 10.5 Å². The van der Waals surface area contributed by atoms with Crippen LogP contribution in [-0.4, -0.2) is 67.3 Å². The molecule has 4 nitrogen and oxygen atoms in total. The lowest BCUT2D eigenvalue weighted by Gasteiger charge is -2.36. The molecule has 2 N–H and O–H groups in total. The summed E-state index contributed by atoms with van der Waals surface area (Å²) in [7, 11) is 0. The Hall–Kier alpha value is -0.160. The first kappa shape index (κ1) is 12.3. The molecular weight excluding hydrogens is 202 g/mol. The molecule has 0 amide bonds. The van der Waals surface area contributed by atoms with E-state index in [0.717, 1.165) is 38.9 Å². The van der Waals surface area contributed by atoms with Crippen molar-refractivity contribution in [3.8, 4) is 0 Å². The van der Waals surface area contributed by atoms with Crippen molar-refractivity contribution in [1.29, 1.82) is 0 Å². The molecule has 0 bridgehead atoms. The maximum absolute atomic E-state index is 5.83. The number of hydrogen-bond donors (Lipinski definition) is 1. The van der Waals surface area contributed by atoms with Gasteiger partial charge in [0.05, 0.1) is 13.2 Å². The molecular formula is C12H25N3O. The van der Waals surface area contributed by atoms with Crippen LogP contribution in [0.1, 0.15) is 20.3 Å². The number of nitrogens with zero attached hydrogens (tertiary/aromatic N) is 2. The number of nitrogens with two attached hydrogens (primary N) is 1. The van der Waals surface area contributed by atoms with Crippen LogP contribution in [0.2, 0.25) is 0 Å². The number of rotatable bonds is 3. The molecule has 16 heavy (non-hydrogen) atoms. The van der Waals surface area contributed by atoms with Crippen molar-refractivity contribution < 1.29 is 4.74 Å². The average molecular weight is 227 g/mol.